The fourth-order valence-electron chi connectivity index (χ4n) is 2.42. The summed E-state index contributed by atoms with van der Waals surface area (Å²) in [5, 5.41) is 12.4. The molecule has 1 fully saturated rings. The Bertz CT molecular complexity index is 513. The third-order valence-electron chi connectivity index (χ3n) is 3.53. The van der Waals surface area contributed by atoms with Crippen molar-refractivity contribution in [3.63, 3.8) is 0 Å². The molecule has 1 aromatic heterocycles. The van der Waals surface area contributed by atoms with E-state index in [1.165, 1.54) is 11.3 Å². The zero-order valence-electron chi connectivity index (χ0n) is 11.8. The van der Waals surface area contributed by atoms with Gasteiger partial charge in [-0.05, 0) is 31.2 Å². The first kappa shape index (κ1) is 14.8. The number of carboxylic acids is 1. The van der Waals surface area contributed by atoms with Crippen LogP contribution in [0.15, 0.2) is 6.07 Å². The number of carbonyl (C=O) groups excluding carboxylic acids is 1. The molecule has 20 heavy (non-hydrogen) atoms. The molecule has 0 bridgehead atoms. The molecule has 0 spiro atoms. The summed E-state index contributed by atoms with van der Waals surface area (Å²) in [6.07, 6.45) is 2.91. The van der Waals surface area contributed by atoms with Crippen LogP contribution >= 0.6 is 11.3 Å². The minimum Gasteiger partial charge on any atom is -0.478 e. The Labute approximate surface area is 122 Å². The van der Waals surface area contributed by atoms with Crippen molar-refractivity contribution in [3.05, 3.63) is 16.5 Å². The number of rotatable bonds is 3. The quantitative estimate of drug-likeness (QED) is 0.899. The predicted molar refractivity (Wildman–Crippen MR) is 79.6 cm³/mol. The van der Waals surface area contributed by atoms with Gasteiger partial charge in [-0.2, -0.15) is 0 Å². The van der Waals surface area contributed by atoms with Gasteiger partial charge in [-0.25, -0.2) is 9.59 Å². The zero-order chi connectivity index (χ0) is 14.7. The van der Waals surface area contributed by atoms with Crippen molar-refractivity contribution < 1.29 is 14.7 Å². The summed E-state index contributed by atoms with van der Waals surface area (Å²) in [4.78, 5) is 26.1. The van der Waals surface area contributed by atoms with Gasteiger partial charge in [0.25, 0.3) is 0 Å². The number of hydrogen-bond donors (Lipinski definition) is 2. The average Bonchev–Trinajstić information content (AvgIpc) is 2.82. The number of anilines is 1. The first-order valence-electron chi connectivity index (χ1n) is 6.93. The molecule has 0 aromatic carbocycles. The van der Waals surface area contributed by atoms with Crippen LogP contribution in [0.5, 0.6) is 0 Å². The Hall–Kier alpha value is -1.56. The largest absolute Gasteiger partial charge is 0.478 e. The van der Waals surface area contributed by atoms with Crippen LogP contribution in [-0.4, -0.2) is 35.1 Å². The van der Waals surface area contributed by atoms with E-state index in [4.69, 9.17) is 0 Å². The number of piperidine rings is 1. The Morgan fingerprint density at radius 1 is 1.55 bits per heavy atom. The molecule has 110 valence electrons. The van der Waals surface area contributed by atoms with Crippen molar-refractivity contribution in [1.29, 1.82) is 0 Å². The summed E-state index contributed by atoms with van der Waals surface area (Å²) in [6.45, 7) is 5.57. The van der Waals surface area contributed by atoms with E-state index >= 15 is 0 Å². The van der Waals surface area contributed by atoms with Crippen LogP contribution in [0.3, 0.4) is 0 Å². The Kier molecular flexibility index (Phi) is 4.65. The van der Waals surface area contributed by atoms with Gasteiger partial charge in [0.15, 0.2) is 0 Å². The highest BCUT2D eigenvalue weighted by atomic mass is 32.1. The molecule has 0 saturated carbocycles. The number of carboxylic acid groups (broad SMARTS) is 1. The Morgan fingerprint density at radius 3 is 2.90 bits per heavy atom. The molecule has 1 saturated heterocycles. The molecule has 0 aliphatic carbocycles. The molecule has 2 amide bonds. The number of nitrogens with one attached hydrogen (secondary N) is 1. The highest BCUT2D eigenvalue weighted by molar-refractivity contribution is 7.16. The number of nitrogens with zero attached hydrogens (tertiary/aromatic N) is 1. The van der Waals surface area contributed by atoms with Gasteiger partial charge in [0.1, 0.15) is 5.00 Å². The number of hydrogen-bond acceptors (Lipinski definition) is 3. The van der Waals surface area contributed by atoms with Crippen molar-refractivity contribution in [1.82, 2.24) is 4.90 Å². The van der Waals surface area contributed by atoms with Crippen LogP contribution in [0.4, 0.5) is 9.80 Å². The van der Waals surface area contributed by atoms with E-state index in [1.807, 2.05) is 6.92 Å². The molecule has 6 heteroatoms. The number of aryl methyl sites for hydroxylation is 1. The summed E-state index contributed by atoms with van der Waals surface area (Å²) >= 11 is 1.34. The standard InChI is InChI=1S/C14H20N2O3S/c1-3-10-7-11(13(17)18)12(20-10)15-14(19)16-6-4-5-9(2)8-16/h7,9H,3-6,8H2,1-2H3,(H,15,19)(H,17,18). The summed E-state index contributed by atoms with van der Waals surface area (Å²) in [6, 6.07) is 1.45. The van der Waals surface area contributed by atoms with Gasteiger partial charge in [-0.1, -0.05) is 13.8 Å². The maximum absolute atomic E-state index is 12.2. The van der Waals surface area contributed by atoms with Crippen LogP contribution in [-0.2, 0) is 6.42 Å². The van der Waals surface area contributed by atoms with E-state index in [2.05, 4.69) is 12.2 Å². The lowest BCUT2D eigenvalue weighted by Gasteiger charge is -2.30. The van der Waals surface area contributed by atoms with E-state index in [9.17, 15) is 14.7 Å². The van der Waals surface area contributed by atoms with E-state index < -0.39 is 5.97 Å². The maximum atomic E-state index is 12.2. The van der Waals surface area contributed by atoms with Gasteiger partial charge in [0.05, 0.1) is 5.56 Å². The summed E-state index contributed by atoms with van der Waals surface area (Å²) in [5.41, 5.74) is 0.185. The minimum absolute atomic E-state index is 0.185. The van der Waals surface area contributed by atoms with E-state index in [-0.39, 0.29) is 11.6 Å². The third kappa shape index (κ3) is 3.30. The van der Waals surface area contributed by atoms with Crippen LogP contribution in [0.2, 0.25) is 0 Å². The fraction of sp³-hybridized carbons (Fsp3) is 0.571. The lowest BCUT2D eigenvalue weighted by atomic mass is 10.0. The van der Waals surface area contributed by atoms with Crippen molar-refractivity contribution in [2.45, 2.75) is 33.1 Å². The SMILES string of the molecule is CCc1cc(C(=O)O)c(NC(=O)N2CCCC(C)C2)s1. The van der Waals surface area contributed by atoms with E-state index in [0.717, 1.165) is 37.2 Å². The molecule has 1 aliphatic rings. The molecular weight excluding hydrogens is 276 g/mol. The fourth-order valence-corrected chi connectivity index (χ4v) is 3.40. The molecule has 5 nitrogen and oxygen atoms in total. The first-order valence-corrected chi connectivity index (χ1v) is 7.74. The zero-order valence-corrected chi connectivity index (χ0v) is 12.6. The second kappa shape index (κ2) is 6.26. The van der Waals surface area contributed by atoms with Crippen molar-refractivity contribution in [2.24, 2.45) is 5.92 Å². The van der Waals surface area contributed by atoms with Gasteiger partial charge in [-0.3, -0.25) is 5.32 Å². The number of carbonyl (C=O) groups is 2. The van der Waals surface area contributed by atoms with Crippen LogP contribution in [0.1, 0.15) is 41.9 Å². The minimum atomic E-state index is -0.997. The molecule has 2 heterocycles. The van der Waals surface area contributed by atoms with Gasteiger partial charge in [-0.15, -0.1) is 11.3 Å². The monoisotopic (exact) mass is 296 g/mol. The molecule has 1 unspecified atom stereocenters. The highest BCUT2D eigenvalue weighted by Gasteiger charge is 2.23. The second-order valence-electron chi connectivity index (χ2n) is 5.24. The van der Waals surface area contributed by atoms with Crippen LogP contribution in [0, 0.1) is 5.92 Å². The number of thiophene rings is 1. The first-order chi connectivity index (χ1) is 9.51. The topological polar surface area (TPSA) is 69.6 Å². The van der Waals surface area contributed by atoms with Gasteiger partial charge in [0.2, 0.25) is 0 Å². The van der Waals surface area contributed by atoms with Crippen molar-refractivity contribution >= 4 is 28.3 Å². The predicted octanol–water partition coefficient (Wildman–Crippen LogP) is 3.27. The summed E-state index contributed by atoms with van der Waals surface area (Å²) < 4.78 is 0. The van der Waals surface area contributed by atoms with E-state index in [1.54, 1.807) is 11.0 Å². The van der Waals surface area contributed by atoms with E-state index in [0.29, 0.717) is 10.9 Å². The van der Waals surface area contributed by atoms with Crippen molar-refractivity contribution in [2.75, 3.05) is 18.4 Å². The van der Waals surface area contributed by atoms with Gasteiger partial charge < -0.3 is 10.0 Å². The Morgan fingerprint density at radius 2 is 2.30 bits per heavy atom. The molecule has 2 N–H and O–H groups in total. The Balaban J connectivity index is 2.10. The van der Waals surface area contributed by atoms with Crippen LogP contribution < -0.4 is 5.32 Å². The number of amides is 2. The molecular formula is C14H20N2O3S. The smallest absolute Gasteiger partial charge is 0.338 e. The summed E-state index contributed by atoms with van der Waals surface area (Å²) in [5.74, 6) is -0.494. The van der Waals surface area contributed by atoms with Crippen LogP contribution in [0.25, 0.3) is 0 Å². The summed E-state index contributed by atoms with van der Waals surface area (Å²) in [7, 11) is 0. The molecule has 1 aromatic rings. The van der Waals surface area contributed by atoms with Crippen molar-refractivity contribution in [3.8, 4) is 0 Å². The second-order valence-corrected chi connectivity index (χ2v) is 6.37. The lowest BCUT2D eigenvalue weighted by Crippen LogP contribution is -2.41. The number of aromatic carboxylic acids is 1. The van der Waals surface area contributed by atoms with Gasteiger partial charge in [0, 0.05) is 18.0 Å². The average molecular weight is 296 g/mol. The molecule has 2 rings (SSSR count). The molecule has 0 radical (unpaired) electrons. The number of likely N-dealkylation sites (tertiary alicyclic amines) is 1. The molecule has 1 atom stereocenters. The lowest BCUT2D eigenvalue weighted by molar-refractivity contribution is 0.0698. The number of urea groups is 1. The normalized spacial score (nSPS) is 18.9. The van der Waals surface area contributed by atoms with Gasteiger partial charge >= 0.3 is 12.0 Å². The maximum Gasteiger partial charge on any atom is 0.338 e. The third-order valence-corrected chi connectivity index (χ3v) is 4.72. The highest BCUT2D eigenvalue weighted by Crippen LogP contribution is 2.29. The molecule has 1 aliphatic heterocycles.